The number of Topliss-reactive ketones (excluding diaryl/α,β-unsaturated/α-hetero) is 1. The monoisotopic (exact) mass is 397 g/mol. The summed E-state index contributed by atoms with van der Waals surface area (Å²) in [7, 11) is 1.29. The Morgan fingerprint density at radius 3 is 2.41 bits per heavy atom. The van der Waals surface area contributed by atoms with Gasteiger partial charge in [-0.25, -0.2) is 4.79 Å². The van der Waals surface area contributed by atoms with E-state index >= 15 is 0 Å². The van der Waals surface area contributed by atoms with E-state index in [1.807, 2.05) is 45.0 Å². The number of methoxy groups -OCH3 is 1. The first-order valence-electron chi connectivity index (χ1n) is 9.86. The van der Waals surface area contributed by atoms with Crippen molar-refractivity contribution in [1.82, 2.24) is 5.32 Å². The first kappa shape index (κ1) is 20.8. The zero-order valence-electron chi connectivity index (χ0n) is 17.5. The van der Waals surface area contributed by atoms with E-state index < -0.39 is 23.8 Å². The zero-order valence-corrected chi connectivity index (χ0v) is 17.5. The molecule has 1 aliphatic heterocycles. The van der Waals surface area contributed by atoms with Crippen LogP contribution < -0.4 is 5.32 Å². The number of benzene rings is 1. The minimum atomic E-state index is -0.879. The summed E-state index contributed by atoms with van der Waals surface area (Å²) >= 11 is 0. The number of hydrogen-bond acceptors (Lipinski definition) is 6. The largest absolute Gasteiger partial charge is 0.468 e. The van der Waals surface area contributed by atoms with Gasteiger partial charge in [0.25, 0.3) is 0 Å². The summed E-state index contributed by atoms with van der Waals surface area (Å²) in [6.07, 6.45) is 0.524. The molecule has 0 bridgehead atoms. The van der Waals surface area contributed by atoms with E-state index in [9.17, 15) is 14.4 Å². The third-order valence-corrected chi connectivity index (χ3v) is 5.65. The minimum absolute atomic E-state index is 0.197. The average Bonchev–Trinajstić information content (AvgIpc) is 2.67. The Morgan fingerprint density at radius 2 is 1.83 bits per heavy atom. The van der Waals surface area contributed by atoms with E-state index in [-0.39, 0.29) is 18.3 Å². The second-order valence-corrected chi connectivity index (χ2v) is 7.67. The number of esters is 2. The minimum Gasteiger partial charge on any atom is -0.468 e. The van der Waals surface area contributed by atoms with Gasteiger partial charge in [-0.05, 0) is 38.7 Å². The molecule has 0 saturated carbocycles. The molecule has 1 aromatic rings. The summed E-state index contributed by atoms with van der Waals surface area (Å²) in [4.78, 5) is 38.7. The summed E-state index contributed by atoms with van der Waals surface area (Å²) in [6.45, 7) is 7.64. The van der Waals surface area contributed by atoms with Crippen LogP contribution in [-0.4, -0.2) is 31.4 Å². The number of carbonyl (C=O) groups is 3. The van der Waals surface area contributed by atoms with Crippen molar-refractivity contribution in [3.05, 3.63) is 57.9 Å². The van der Waals surface area contributed by atoms with Gasteiger partial charge in [0.1, 0.15) is 5.92 Å². The first-order valence-corrected chi connectivity index (χ1v) is 9.86. The van der Waals surface area contributed by atoms with Crippen molar-refractivity contribution in [1.29, 1.82) is 0 Å². The van der Waals surface area contributed by atoms with Gasteiger partial charge < -0.3 is 14.8 Å². The molecular weight excluding hydrogens is 370 g/mol. The number of nitrogens with one attached hydrogen (secondary N) is 1. The highest BCUT2D eigenvalue weighted by molar-refractivity contribution is 6.12. The van der Waals surface area contributed by atoms with Gasteiger partial charge >= 0.3 is 11.9 Å². The fourth-order valence-corrected chi connectivity index (χ4v) is 4.25. The summed E-state index contributed by atoms with van der Waals surface area (Å²) < 4.78 is 10.2. The summed E-state index contributed by atoms with van der Waals surface area (Å²) in [5.74, 6) is -2.96. The zero-order chi connectivity index (χ0) is 21.3. The Morgan fingerprint density at radius 1 is 1.17 bits per heavy atom. The molecule has 2 aliphatic rings. The molecule has 1 N–H and O–H groups in total. The molecule has 6 heteroatoms. The molecule has 0 amide bonds. The lowest BCUT2D eigenvalue weighted by Gasteiger charge is -2.38. The van der Waals surface area contributed by atoms with Gasteiger partial charge in [0, 0.05) is 22.9 Å². The quantitative estimate of drug-likeness (QED) is 0.621. The maximum absolute atomic E-state index is 13.5. The number of hydrogen-bond donors (Lipinski definition) is 1. The average molecular weight is 397 g/mol. The summed E-state index contributed by atoms with van der Waals surface area (Å²) in [5.41, 5.74) is 4.19. The topological polar surface area (TPSA) is 81.7 Å². The van der Waals surface area contributed by atoms with Gasteiger partial charge in [0.2, 0.25) is 0 Å². The van der Waals surface area contributed by atoms with Crippen LogP contribution in [0.5, 0.6) is 0 Å². The summed E-state index contributed by atoms with van der Waals surface area (Å²) in [6, 6.07) is 7.73. The molecule has 29 heavy (non-hydrogen) atoms. The molecule has 3 rings (SSSR count). The van der Waals surface area contributed by atoms with E-state index in [0.29, 0.717) is 23.3 Å². The van der Waals surface area contributed by atoms with Crippen LogP contribution in [0.15, 0.2) is 46.8 Å². The second-order valence-electron chi connectivity index (χ2n) is 7.67. The number of rotatable bonds is 4. The molecule has 0 saturated heterocycles. The highest BCUT2D eigenvalue weighted by Crippen LogP contribution is 2.45. The normalized spacial score (nSPS) is 24.0. The standard InChI is InChI=1S/C23H27NO5/c1-6-29-23(27)18-14(4)24-16-11-13(3)17(22(26)28-5)21(25)20(16)19(18)15-9-7-12(2)8-10-15/h7-10,13,17,19,24H,6,11H2,1-5H3/t13-,17-,19+/m0/s1. The number of carbonyl (C=O) groups excluding carboxylic acids is 3. The van der Waals surface area contributed by atoms with Gasteiger partial charge in [-0.2, -0.15) is 0 Å². The smallest absolute Gasteiger partial charge is 0.336 e. The number of ether oxygens (including phenoxy) is 2. The molecule has 3 atom stereocenters. The van der Waals surface area contributed by atoms with Crippen molar-refractivity contribution in [2.75, 3.05) is 13.7 Å². The van der Waals surface area contributed by atoms with Crippen LogP contribution in [-0.2, 0) is 23.9 Å². The van der Waals surface area contributed by atoms with Crippen molar-refractivity contribution in [3.8, 4) is 0 Å². The van der Waals surface area contributed by atoms with Gasteiger partial charge in [0.05, 0.1) is 19.3 Å². The van der Waals surface area contributed by atoms with Crippen molar-refractivity contribution in [2.45, 2.75) is 40.0 Å². The van der Waals surface area contributed by atoms with Crippen molar-refractivity contribution >= 4 is 17.7 Å². The first-order chi connectivity index (χ1) is 13.8. The molecule has 0 aromatic heterocycles. The highest BCUT2D eigenvalue weighted by Gasteiger charge is 2.47. The third-order valence-electron chi connectivity index (χ3n) is 5.65. The second kappa shape index (κ2) is 8.23. The fourth-order valence-electron chi connectivity index (χ4n) is 4.25. The van der Waals surface area contributed by atoms with E-state index in [2.05, 4.69) is 5.32 Å². The number of dihydropyridines is 1. The van der Waals surface area contributed by atoms with E-state index in [1.54, 1.807) is 6.92 Å². The maximum Gasteiger partial charge on any atom is 0.336 e. The summed E-state index contributed by atoms with van der Waals surface area (Å²) in [5, 5.41) is 3.24. The SMILES string of the molecule is CCOC(=O)C1=C(C)NC2=C(C(=O)[C@@H](C(=O)OC)[C@@H](C)C2)[C@@H]1c1ccc(C)cc1. The third kappa shape index (κ3) is 3.71. The molecule has 1 heterocycles. The van der Waals surface area contributed by atoms with Crippen LogP contribution in [0.25, 0.3) is 0 Å². The van der Waals surface area contributed by atoms with Crippen LogP contribution in [0.3, 0.4) is 0 Å². The van der Waals surface area contributed by atoms with E-state index in [1.165, 1.54) is 7.11 Å². The predicted octanol–water partition coefficient (Wildman–Crippen LogP) is 3.17. The van der Waals surface area contributed by atoms with Crippen LogP contribution in [0.1, 0.15) is 44.2 Å². The Kier molecular flexibility index (Phi) is 5.91. The molecule has 1 aromatic carbocycles. The lowest BCUT2D eigenvalue weighted by Crippen LogP contribution is -2.43. The van der Waals surface area contributed by atoms with E-state index in [0.717, 1.165) is 16.8 Å². The molecule has 0 spiro atoms. The number of aryl methyl sites for hydroxylation is 1. The molecule has 154 valence electrons. The molecule has 0 unspecified atom stereocenters. The lowest BCUT2D eigenvalue weighted by molar-refractivity contribution is -0.151. The Labute approximate surface area is 171 Å². The van der Waals surface area contributed by atoms with Gasteiger partial charge in [-0.3, -0.25) is 9.59 Å². The molecule has 1 aliphatic carbocycles. The predicted molar refractivity (Wildman–Crippen MR) is 108 cm³/mol. The van der Waals surface area contributed by atoms with Crippen LogP contribution in [0.2, 0.25) is 0 Å². The van der Waals surface area contributed by atoms with Gasteiger partial charge in [0.15, 0.2) is 5.78 Å². The number of ketones is 1. The van der Waals surface area contributed by atoms with Crippen LogP contribution in [0.4, 0.5) is 0 Å². The van der Waals surface area contributed by atoms with Crippen molar-refractivity contribution in [2.24, 2.45) is 11.8 Å². The lowest BCUT2D eigenvalue weighted by atomic mass is 9.69. The fraction of sp³-hybridized carbons (Fsp3) is 0.435. The molecular formula is C23H27NO5. The van der Waals surface area contributed by atoms with Gasteiger partial charge in [-0.15, -0.1) is 0 Å². The van der Waals surface area contributed by atoms with Crippen molar-refractivity contribution in [3.63, 3.8) is 0 Å². The van der Waals surface area contributed by atoms with Crippen LogP contribution in [0, 0.1) is 18.8 Å². The molecule has 0 fully saturated rings. The maximum atomic E-state index is 13.5. The molecule has 6 nitrogen and oxygen atoms in total. The Hall–Kier alpha value is -2.89. The van der Waals surface area contributed by atoms with Crippen LogP contribution >= 0.6 is 0 Å². The van der Waals surface area contributed by atoms with E-state index in [4.69, 9.17) is 9.47 Å². The Balaban J connectivity index is 2.18. The Bertz CT molecular complexity index is 910. The van der Waals surface area contributed by atoms with Crippen molar-refractivity contribution < 1.29 is 23.9 Å². The molecule has 0 radical (unpaired) electrons. The highest BCUT2D eigenvalue weighted by atomic mass is 16.5. The number of allylic oxidation sites excluding steroid dienone is 3. The van der Waals surface area contributed by atoms with Gasteiger partial charge in [-0.1, -0.05) is 36.8 Å².